The van der Waals surface area contributed by atoms with Crippen LogP contribution in [0.25, 0.3) is 0 Å². The number of carboxylic acids is 1. The van der Waals surface area contributed by atoms with E-state index in [1.54, 1.807) is 6.34 Å². The smallest absolute Gasteiger partial charge is 0.303 e. The van der Waals surface area contributed by atoms with Gasteiger partial charge in [-0.1, -0.05) is 122 Å². The van der Waals surface area contributed by atoms with Crippen LogP contribution in [0.5, 0.6) is 0 Å². The molecule has 1 aliphatic heterocycles. The molecular weight excluding hydrogens is 360 g/mol. The van der Waals surface area contributed by atoms with E-state index in [2.05, 4.69) is 17.2 Å². The van der Waals surface area contributed by atoms with Gasteiger partial charge in [-0.15, -0.1) is 0 Å². The van der Waals surface area contributed by atoms with Crippen LogP contribution in [0.4, 0.5) is 0 Å². The largest absolute Gasteiger partial charge is 0.481 e. The second-order valence-electron chi connectivity index (χ2n) is 8.50. The van der Waals surface area contributed by atoms with Gasteiger partial charge in [0.15, 0.2) is 0 Å². The van der Waals surface area contributed by atoms with Crippen LogP contribution >= 0.6 is 0 Å². The molecule has 0 aliphatic carbocycles. The molecule has 0 amide bonds. The summed E-state index contributed by atoms with van der Waals surface area (Å²) in [6.45, 7) is 4.27. The molecule has 0 saturated carbocycles. The van der Waals surface area contributed by atoms with Crippen LogP contribution in [0.3, 0.4) is 0 Å². The molecule has 1 heterocycles. The Kier molecular flexibility index (Phi) is 24.1. The van der Waals surface area contributed by atoms with E-state index in [1.165, 1.54) is 109 Å². The molecule has 0 spiro atoms. The summed E-state index contributed by atoms with van der Waals surface area (Å²) in [6.07, 6.45) is 27.8. The van der Waals surface area contributed by atoms with Crippen LogP contribution < -0.4 is 5.32 Å². The fourth-order valence-electron chi connectivity index (χ4n) is 3.68. The molecule has 4 heteroatoms. The van der Waals surface area contributed by atoms with Crippen molar-refractivity contribution in [2.75, 3.05) is 13.1 Å². The molecule has 0 unspecified atom stereocenters. The van der Waals surface area contributed by atoms with Gasteiger partial charge in [-0.25, -0.2) is 0 Å². The van der Waals surface area contributed by atoms with Gasteiger partial charge in [0.1, 0.15) is 0 Å². The van der Waals surface area contributed by atoms with Crippen LogP contribution in [-0.4, -0.2) is 30.5 Å². The summed E-state index contributed by atoms with van der Waals surface area (Å²) in [7, 11) is 0. The first-order chi connectivity index (χ1) is 14.3. The molecule has 0 fully saturated rings. The van der Waals surface area contributed by atoms with E-state index in [4.69, 9.17) is 5.11 Å². The van der Waals surface area contributed by atoms with E-state index < -0.39 is 5.97 Å². The summed E-state index contributed by atoms with van der Waals surface area (Å²) in [4.78, 5) is 14.2. The van der Waals surface area contributed by atoms with Crippen LogP contribution in [0.1, 0.15) is 135 Å². The molecule has 0 aromatic heterocycles. The third-order valence-electron chi connectivity index (χ3n) is 5.56. The molecule has 29 heavy (non-hydrogen) atoms. The number of rotatable bonds is 20. The predicted molar refractivity (Wildman–Crippen MR) is 127 cm³/mol. The van der Waals surface area contributed by atoms with Crippen LogP contribution in [0.15, 0.2) is 4.99 Å². The van der Waals surface area contributed by atoms with Crippen molar-refractivity contribution in [3.05, 3.63) is 0 Å². The normalized spacial score (nSPS) is 12.4. The molecule has 2 N–H and O–H groups in total. The number of hydrogen-bond acceptors (Lipinski definition) is 3. The minimum absolute atomic E-state index is 0.346. The second-order valence-corrected chi connectivity index (χ2v) is 8.50. The molecule has 0 aromatic carbocycles. The van der Waals surface area contributed by atoms with Crippen LogP contribution in [-0.2, 0) is 4.79 Å². The SMILES string of the molecule is C1=NCCN1.CCCCCCCCCCCCCCCCCCCCCC(=O)O. The highest BCUT2D eigenvalue weighted by atomic mass is 16.4. The Morgan fingerprint density at radius 1 is 0.724 bits per heavy atom. The van der Waals surface area contributed by atoms with Crippen LogP contribution in [0.2, 0.25) is 0 Å². The molecule has 0 bridgehead atoms. The first kappa shape index (κ1) is 27.9. The Balaban J connectivity index is 0.00000135. The van der Waals surface area contributed by atoms with E-state index in [9.17, 15) is 4.79 Å². The molecule has 1 rings (SSSR count). The molecular formula is C25H50N2O2. The Hall–Kier alpha value is -1.06. The van der Waals surface area contributed by atoms with Gasteiger partial charge in [0.25, 0.3) is 0 Å². The number of carboxylic acid groups (broad SMARTS) is 1. The zero-order valence-corrected chi connectivity index (χ0v) is 19.4. The lowest BCUT2D eigenvalue weighted by Gasteiger charge is -2.03. The highest BCUT2D eigenvalue weighted by Crippen LogP contribution is 2.14. The molecule has 172 valence electrons. The second kappa shape index (κ2) is 25.0. The third kappa shape index (κ3) is 26.9. The van der Waals surface area contributed by atoms with Crippen molar-refractivity contribution in [1.82, 2.24) is 5.32 Å². The molecule has 0 radical (unpaired) electrons. The Morgan fingerprint density at radius 2 is 1.10 bits per heavy atom. The number of nitrogens with zero attached hydrogens (tertiary/aromatic N) is 1. The van der Waals surface area contributed by atoms with E-state index in [1.807, 2.05) is 0 Å². The van der Waals surface area contributed by atoms with Gasteiger partial charge in [-0.3, -0.25) is 9.79 Å². The Labute approximate surface area is 181 Å². The predicted octanol–water partition coefficient (Wildman–Crippen LogP) is 7.51. The van der Waals surface area contributed by atoms with Crippen molar-refractivity contribution in [2.45, 2.75) is 135 Å². The summed E-state index contributed by atoms with van der Waals surface area (Å²) >= 11 is 0. The van der Waals surface area contributed by atoms with Gasteiger partial charge in [0, 0.05) is 13.0 Å². The Morgan fingerprint density at radius 3 is 1.34 bits per heavy atom. The van der Waals surface area contributed by atoms with Gasteiger partial charge in [0.05, 0.1) is 12.9 Å². The molecule has 0 saturated heterocycles. The molecule has 1 aliphatic rings. The maximum Gasteiger partial charge on any atom is 0.303 e. The van der Waals surface area contributed by atoms with Crippen molar-refractivity contribution >= 4 is 12.3 Å². The summed E-state index contributed by atoms with van der Waals surface area (Å²) < 4.78 is 0. The fourth-order valence-corrected chi connectivity index (χ4v) is 3.68. The maximum atomic E-state index is 10.4. The first-order valence-electron chi connectivity index (χ1n) is 12.7. The number of hydrogen-bond donors (Lipinski definition) is 2. The summed E-state index contributed by atoms with van der Waals surface area (Å²) in [5, 5.41) is 11.5. The number of nitrogens with one attached hydrogen (secondary N) is 1. The average Bonchev–Trinajstić information content (AvgIpc) is 3.30. The molecule has 0 atom stereocenters. The summed E-state index contributed by atoms with van der Waals surface area (Å²) in [5.41, 5.74) is 0. The molecule has 0 aromatic rings. The highest BCUT2D eigenvalue weighted by Gasteiger charge is 1.97. The van der Waals surface area contributed by atoms with Crippen molar-refractivity contribution in [1.29, 1.82) is 0 Å². The number of aliphatic carboxylic acids is 1. The third-order valence-corrected chi connectivity index (χ3v) is 5.56. The standard InChI is InChI=1S/C22H44O2.C3H6N2/c1-2-3-4-5-6-7-8-9-10-11-12-13-14-15-16-17-18-19-20-21-22(23)24;1-2-5-3-4-1/h2-21H2,1H3,(H,23,24);3H,1-2H2,(H,4,5). The van der Waals surface area contributed by atoms with E-state index >= 15 is 0 Å². The van der Waals surface area contributed by atoms with E-state index in [0.29, 0.717) is 6.42 Å². The van der Waals surface area contributed by atoms with Crippen molar-refractivity contribution < 1.29 is 9.90 Å². The van der Waals surface area contributed by atoms with Gasteiger partial charge >= 0.3 is 5.97 Å². The lowest BCUT2D eigenvalue weighted by atomic mass is 10.0. The number of aliphatic imine (C=N–C) groups is 1. The van der Waals surface area contributed by atoms with Crippen molar-refractivity contribution in [2.24, 2.45) is 4.99 Å². The zero-order valence-electron chi connectivity index (χ0n) is 19.4. The zero-order chi connectivity index (χ0) is 21.3. The Bertz CT molecular complexity index is 353. The average molecular weight is 411 g/mol. The number of carbonyl (C=O) groups is 1. The lowest BCUT2D eigenvalue weighted by Crippen LogP contribution is -2.04. The summed E-state index contributed by atoms with van der Waals surface area (Å²) in [6, 6.07) is 0. The van der Waals surface area contributed by atoms with Crippen LogP contribution in [0, 0.1) is 0 Å². The van der Waals surface area contributed by atoms with Gasteiger partial charge < -0.3 is 10.4 Å². The highest BCUT2D eigenvalue weighted by molar-refractivity contribution is 5.66. The lowest BCUT2D eigenvalue weighted by molar-refractivity contribution is -0.137. The first-order valence-corrected chi connectivity index (χ1v) is 12.7. The summed E-state index contributed by atoms with van der Waals surface area (Å²) in [5.74, 6) is -0.651. The fraction of sp³-hybridized carbons (Fsp3) is 0.920. The van der Waals surface area contributed by atoms with Gasteiger partial charge in [-0.2, -0.15) is 0 Å². The van der Waals surface area contributed by atoms with Crippen molar-refractivity contribution in [3.8, 4) is 0 Å². The van der Waals surface area contributed by atoms with E-state index in [-0.39, 0.29) is 0 Å². The molecule has 4 nitrogen and oxygen atoms in total. The van der Waals surface area contributed by atoms with E-state index in [0.717, 1.165) is 25.9 Å². The topological polar surface area (TPSA) is 61.7 Å². The quantitative estimate of drug-likeness (QED) is 0.204. The maximum absolute atomic E-state index is 10.4. The minimum atomic E-state index is -0.651. The van der Waals surface area contributed by atoms with Crippen molar-refractivity contribution in [3.63, 3.8) is 0 Å². The van der Waals surface area contributed by atoms with Gasteiger partial charge in [0.2, 0.25) is 0 Å². The number of unbranched alkanes of at least 4 members (excludes halogenated alkanes) is 18. The minimum Gasteiger partial charge on any atom is -0.481 e. The monoisotopic (exact) mass is 410 g/mol. The van der Waals surface area contributed by atoms with Gasteiger partial charge in [-0.05, 0) is 6.42 Å².